The van der Waals surface area contributed by atoms with E-state index in [1.54, 1.807) is 0 Å². The smallest absolute Gasteiger partial charge is 0.393 e. The molecule has 4 aliphatic carbocycles. The van der Waals surface area contributed by atoms with Crippen LogP contribution in [0.1, 0.15) is 79.1 Å². The third-order valence-corrected chi connectivity index (χ3v) is 10.5. The number of ketones is 1. The molecule has 0 spiro atoms. The molecule has 2 N–H and O–H groups in total. The van der Waals surface area contributed by atoms with Gasteiger partial charge >= 0.3 is 10.4 Å². The van der Waals surface area contributed by atoms with Gasteiger partial charge in [-0.3, -0.25) is 9.35 Å². The van der Waals surface area contributed by atoms with Crippen molar-refractivity contribution in [3.05, 3.63) is 23.8 Å². The number of rotatable bonds is 7. The minimum atomic E-state index is -4.39. The maximum atomic E-state index is 13.2. The van der Waals surface area contributed by atoms with E-state index in [4.69, 9.17) is 4.55 Å². The van der Waals surface area contributed by atoms with E-state index in [0.717, 1.165) is 32.1 Å². The monoisotopic (exact) mass is 494 g/mol. The summed E-state index contributed by atoms with van der Waals surface area (Å²) in [7, 11) is -4.39. The molecule has 192 valence electrons. The van der Waals surface area contributed by atoms with Crippen molar-refractivity contribution in [2.45, 2.75) is 85.2 Å². The van der Waals surface area contributed by atoms with Gasteiger partial charge in [-0.25, -0.2) is 4.18 Å². The fourth-order valence-electron chi connectivity index (χ4n) is 8.18. The van der Waals surface area contributed by atoms with Crippen LogP contribution in [0.2, 0.25) is 0 Å². The van der Waals surface area contributed by atoms with E-state index >= 15 is 0 Å². The van der Waals surface area contributed by atoms with Gasteiger partial charge in [0.1, 0.15) is 0 Å². The third-order valence-electron chi connectivity index (χ3n) is 10.1. The highest BCUT2D eigenvalue weighted by Gasteiger charge is 2.59. The van der Waals surface area contributed by atoms with E-state index in [1.165, 1.54) is 12.0 Å². The molecule has 0 heterocycles. The Morgan fingerprint density at radius 2 is 1.76 bits per heavy atom. The van der Waals surface area contributed by atoms with Gasteiger partial charge in [-0.2, -0.15) is 8.42 Å². The van der Waals surface area contributed by atoms with Gasteiger partial charge in [-0.15, -0.1) is 0 Å². The number of carbonyl (C=O) groups excluding carboxylic acids is 1. The van der Waals surface area contributed by atoms with Crippen LogP contribution in [0.4, 0.5) is 0 Å². The molecule has 9 unspecified atom stereocenters. The average Bonchev–Trinajstić information content (AvgIpc) is 3.10. The Hall–Kier alpha value is -1.02. The molecule has 0 saturated heterocycles. The minimum absolute atomic E-state index is 0.00571. The van der Waals surface area contributed by atoms with Crippen molar-refractivity contribution in [2.24, 2.45) is 46.3 Å². The molecule has 3 saturated carbocycles. The first kappa shape index (κ1) is 26.1. The highest BCUT2D eigenvalue weighted by molar-refractivity contribution is 7.80. The Balaban J connectivity index is 1.45. The first-order valence-electron chi connectivity index (χ1n) is 13.1. The third kappa shape index (κ3) is 4.82. The van der Waals surface area contributed by atoms with Gasteiger partial charge in [0, 0.05) is 5.92 Å². The van der Waals surface area contributed by atoms with Gasteiger partial charge in [0.2, 0.25) is 0 Å². The summed E-state index contributed by atoms with van der Waals surface area (Å²) in [5, 5.41) is 10.2. The van der Waals surface area contributed by atoms with Gasteiger partial charge in [0.05, 0.1) is 12.7 Å². The number of aliphatic hydroxyl groups is 1. The molecular weight excluding hydrogens is 452 g/mol. The zero-order valence-corrected chi connectivity index (χ0v) is 21.9. The summed E-state index contributed by atoms with van der Waals surface area (Å²) in [6.45, 7) is 8.90. The highest BCUT2D eigenvalue weighted by atomic mass is 32.3. The molecule has 6 nitrogen and oxygen atoms in total. The van der Waals surface area contributed by atoms with Crippen molar-refractivity contribution >= 4 is 16.2 Å². The molecule has 9 atom stereocenters. The van der Waals surface area contributed by atoms with Crippen LogP contribution in [0.15, 0.2) is 23.8 Å². The molecule has 3 fully saturated rings. The van der Waals surface area contributed by atoms with Gasteiger partial charge in [-0.05, 0) is 97.9 Å². The zero-order chi connectivity index (χ0) is 24.9. The molecule has 0 aliphatic heterocycles. The van der Waals surface area contributed by atoms with Gasteiger partial charge in [-0.1, -0.05) is 45.4 Å². The van der Waals surface area contributed by atoms with Crippen LogP contribution in [-0.4, -0.2) is 36.6 Å². The number of carbonyl (C=O) groups is 1. The van der Waals surface area contributed by atoms with Crippen molar-refractivity contribution in [1.82, 2.24) is 0 Å². The second-order valence-corrected chi connectivity index (χ2v) is 13.3. The molecule has 34 heavy (non-hydrogen) atoms. The lowest BCUT2D eigenvalue weighted by Gasteiger charge is -2.57. The maximum absolute atomic E-state index is 13.2. The van der Waals surface area contributed by atoms with E-state index in [0.29, 0.717) is 36.5 Å². The Kier molecular flexibility index (Phi) is 7.24. The van der Waals surface area contributed by atoms with E-state index in [-0.39, 0.29) is 41.2 Å². The average molecular weight is 495 g/mol. The SMILES string of the molecule is CC(CC=CC(C)C1CCC2C3=CC(=O)C4CC(O)CCC4(C)C3CCC21C)COS(=O)(=O)O. The molecule has 7 heteroatoms. The van der Waals surface area contributed by atoms with Crippen LogP contribution in [0.5, 0.6) is 0 Å². The van der Waals surface area contributed by atoms with Crippen LogP contribution in [-0.2, 0) is 19.4 Å². The molecular formula is C27H42O6S. The van der Waals surface area contributed by atoms with Crippen LogP contribution < -0.4 is 0 Å². The Morgan fingerprint density at radius 1 is 1.09 bits per heavy atom. The number of fused-ring (bicyclic) bond motifs is 5. The maximum Gasteiger partial charge on any atom is 0.397 e. The quantitative estimate of drug-likeness (QED) is 0.375. The summed E-state index contributed by atoms with van der Waals surface area (Å²) in [4.78, 5) is 13.2. The van der Waals surface area contributed by atoms with Gasteiger partial charge < -0.3 is 5.11 Å². The first-order chi connectivity index (χ1) is 15.8. The van der Waals surface area contributed by atoms with E-state index in [2.05, 4.69) is 37.1 Å². The fourth-order valence-corrected chi connectivity index (χ4v) is 8.58. The summed E-state index contributed by atoms with van der Waals surface area (Å²) >= 11 is 0. The van der Waals surface area contributed by atoms with E-state index < -0.39 is 10.4 Å². The Labute approximate surface area is 205 Å². The van der Waals surface area contributed by atoms with Gasteiger partial charge in [0.15, 0.2) is 5.78 Å². The van der Waals surface area contributed by atoms with Crippen LogP contribution >= 0.6 is 0 Å². The van der Waals surface area contributed by atoms with Crippen molar-refractivity contribution < 1.29 is 27.1 Å². The minimum Gasteiger partial charge on any atom is -0.393 e. The molecule has 0 bridgehead atoms. The first-order valence-corrected chi connectivity index (χ1v) is 14.4. The molecule has 0 aromatic heterocycles. The predicted molar refractivity (Wildman–Crippen MR) is 131 cm³/mol. The van der Waals surface area contributed by atoms with Crippen molar-refractivity contribution in [1.29, 1.82) is 0 Å². The summed E-state index contributed by atoms with van der Waals surface area (Å²) in [5.74, 6) is 2.09. The topological polar surface area (TPSA) is 101 Å². The lowest BCUT2D eigenvalue weighted by molar-refractivity contribution is -0.132. The van der Waals surface area contributed by atoms with Crippen molar-refractivity contribution in [2.75, 3.05) is 6.61 Å². The summed E-state index contributed by atoms with van der Waals surface area (Å²) < 4.78 is 34.8. The van der Waals surface area contributed by atoms with Crippen LogP contribution in [0, 0.1) is 46.3 Å². The zero-order valence-electron chi connectivity index (χ0n) is 21.1. The highest BCUT2D eigenvalue weighted by Crippen LogP contribution is 2.66. The Morgan fingerprint density at radius 3 is 2.47 bits per heavy atom. The number of hydrogen-bond donors (Lipinski definition) is 2. The molecule has 0 amide bonds. The second kappa shape index (κ2) is 9.45. The Bertz CT molecular complexity index is 954. The molecule has 0 radical (unpaired) electrons. The summed E-state index contributed by atoms with van der Waals surface area (Å²) in [6.07, 6.45) is 13.7. The second-order valence-electron chi connectivity index (χ2n) is 12.2. The molecule has 4 aliphatic rings. The fraction of sp³-hybridized carbons (Fsp3) is 0.815. The van der Waals surface area contributed by atoms with Crippen LogP contribution in [0.25, 0.3) is 0 Å². The van der Waals surface area contributed by atoms with Crippen LogP contribution in [0.3, 0.4) is 0 Å². The lowest BCUT2D eigenvalue weighted by atomic mass is 9.47. The molecule has 4 rings (SSSR count). The number of allylic oxidation sites excluding steroid dienone is 4. The normalized spacial score (nSPS) is 42.0. The molecule has 0 aromatic rings. The van der Waals surface area contributed by atoms with Gasteiger partial charge in [0.25, 0.3) is 0 Å². The standard InChI is InChI=1S/C27H42O6S/c1-17(16-33-34(30,31)32)6-5-7-18(2)21-8-9-22-20-15-25(29)24-14-19(28)10-12-27(24,4)23(20)11-13-26(21,22)3/h5,7,15,17-19,21-24,28H,6,8-14,16H2,1-4H3,(H,30,31,32). The lowest BCUT2D eigenvalue weighted by Crippen LogP contribution is -2.52. The van der Waals surface area contributed by atoms with Crippen molar-refractivity contribution in [3.63, 3.8) is 0 Å². The number of aliphatic hydroxyl groups excluding tert-OH is 1. The molecule has 0 aromatic carbocycles. The predicted octanol–water partition coefficient (Wildman–Crippen LogP) is 5.14. The summed E-state index contributed by atoms with van der Waals surface area (Å²) in [5.41, 5.74) is 1.58. The van der Waals surface area contributed by atoms with Crippen molar-refractivity contribution in [3.8, 4) is 0 Å². The van der Waals surface area contributed by atoms with E-state index in [9.17, 15) is 18.3 Å². The summed E-state index contributed by atoms with van der Waals surface area (Å²) in [6, 6.07) is 0. The number of hydrogen-bond acceptors (Lipinski definition) is 5. The van der Waals surface area contributed by atoms with E-state index in [1.807, 2.05) is 13.0 Å². The largest absolute Gasteiger partial charge is 0.397 e.